The molecule has 0 atom stereocenters. The van der Waals surface area contributed by atoms with Crippen molar-refractivity contribution in [3.8, 4) is 5.69 Å². The van der Waals surface area contributed by atoms with Gasteiger partial charge in [-0.1, -0.05) is 37.6 Å². The van der Waals surface area contributed by atoms with E-state index in [0.29, 0.717) is 5.02 Å². The van der Waals surface area contributed by atoms with E-state index >= 15 is 0 Å². The molecule has 0 saturated carbocycles. The summed E-state index contributed by atoms with van der Waals surface area (Å²) in [6, 6.07) is 5.46. The third-order valence-corrected chi connectivity index (χ3v) is 3.11. The van der Waals surface area contributed by atoms with Crippen molar-refractivity contribution in [1.82, 2.24) is 14.8 Å². The van der Waals surface area contributed by atoms with E-state index in [1.165, 1.54) is 0 Å². The Morgan fingerprint density at radius 3 is 2.67 bits per heavy atom. The number of aliphatic hydroxyl groups is 1. The van der Waals surface area contributed by atoms with E-state index in [9.17, 15) is 5.11 Å². The van der Waals surface area contributed by atoms with E-state index in [2.05, 4.69) is 10.1 Å². The van der Waals surface area contributed by atoms with Crippen LogP contribution < -0.4 is 0 Å². The third kappa shape index (κ3) is 2.26. The van der Waals surface area contributed by atoms with Gasteiger partial charge in [0.25, 0.3) is 0 Å². The molecule has 1 aromatic carbocycles. The number of hydrogen-bond donors (Lipinski definition) is 1. The molecule has 1 aromatic heterocycles. The molecule has 96 valence electrons. The van der Waals surface area contributed by atoms with E-state index in [0.717, 1.165) is 35.7 Å². The minimum Gasteiger partial charge on any atom is -0.392 e. The van der Waals surface area contributed by atoms with Gasteiger partial charge in [0.2, 0.25) is 0 Å². The highest BCUT2D eigenvalue weighted by molar-refractivity contribution is 6.32. The number of rotatable bonds is 4. The minimum atomic E-state index is -0.0691. The van der Waals surface area contributed by atoms with Crippen LogP contribution in [0.15, 0.2) is 18.2 Å². The van der Waals surface area contributed by atoms with E-state index < -0.39 is 0 Å². The smallest absolute Gasteiger partial charge is 0.151 e. The molecule has 0 saturated heterocycles. The molecule has 0 bridgehead atoms. The van der Waals surface area contributed by atoms with Crippen LogP contribution in [0.25, 0.3) is 5.69 Å². The quantitative estimate of drug-likeness (QED) is 0.924. The lowest BCUT2D eigenvalue weighted by molar-refractivity contribution is 0.281. The predicted octanol–water partition coefficient (Wildman–Crippen LogP) is 2.54. The molecule has 4 nitrogen and oxygen atoms in total. The number of aromatic nitrogens is 3. The molecule has 0 amide bonds. The number of nitrogens with zero attached hydrogens (tertiary/aromatic N) is 3. The summed E-state index contributed by atoms with van der Waals surface area (Å²) < 4.78 is 1.74. The summed E-state index contributed by atoms with van der Waals surface area (Å²) in [6.45, 7) is 3.97. The van der Waals surface area contributed by atoms with Crippen LogP contribution in [0.1, 0.15) is 31.1 Å². The molecular formula is C13H16ClN3O. The lowest BCUT2D eigenvalue weighted by atomic mass is 10.2. The molecule has 2 aromatic rings. The Morgan fingerprint density at radius 1 is 1.28 bits per heavy atom. The summed E-state index contributed by atoms with van der Waals surface area (Å²) in [5, 5.41) is 14.4. The van der Waals surface area contributed by atoms with Gasteiger partial charge in [-0.2, -0.15) is 5.10 Å². The fraction of sp³-hybridized carbons (Fsp3) is 0.385. The van der Waals surface area contributed by atoms with Crippen LogP contribution in [0, 0.1) is 0 Å². The van der Waals surface area contributed by atoms with Gasteiger partial charge < -0.3 is 5.11 Å². The third-order valence-electron chi connectivity index (χ3n) is 2.80. The van der Waals surface area contributed by atoms with Gasteiger partial charge in [0.1, 0.15) is 5.82 Å². The second kappa shape index (κ2) is 5.50. The summed E-state index contributed by atoms with van der Waals surface area (Å²) in [5.41, 5.74) is 1.48. The first kappa shape index (κ1) is 13.1. The molecular weight excluding hydrogens is 250 g/mol. The maximum Gasteiger partial charge on any atom is 0.151 e. The SMILES string of the molecule is CCc1nc(CC)n(-c2c(Cl)cccc2CO)n1. The van der Waals surface area contributed by atoms with Crippen molar-refractivity contribution < 1.29 is 5.11 Å². The van der Waals surface area contributed by atoms with Gasteiger partial charge in [0.05, 0.1) is 17.3 Å². The minimum absolute atomic E-state index is 0.0691. The number of halogens is 1. The van der Waals surface area contributed by atoms with Gasteiger partial charge in [-0.15, -0.1) is 0 Å². The van der Waals surface area contributed by atoms with Crippen molar-refractivity contribution in [2.75, 3.05) is 0 Å². The molecule has 1 heterocycles. The molecule has 5 heteroatoms. The molecule has 0 aliphatic heterocycles. The van der Waals surface area contributed by atoms with Gasteiger partial charge in [-0.25, -0.2) is 9.67 Å². The number of aryl methyl sites for hydroxylation is 2. The van der Waals surface area contributed by atoms with Crippen LogP contribution in [-0.2, 0) is 19.4 Å². The Kier molecular flexibility index (Phi) is 3.99. The molecule has 0 spiro atoms. The van der Waals surface area contributed by atoms with E-state index in [1.54, 1.807) is 10.7 Å². The number of hydrogen-bond acceptors (Lipinski definition) is 3. The maximum absolute atomic E-state index is 9.41. The van der Waals surface area contributed by atoms with Crippen molar-refractivity contribution in [3.05, 3.63) is 40.4 Å². The topological polar surface area (TPSA) is 50.9 Å². The van der Waals surface area contributed by atoms with Crippen LogP contribution in [-0.4, -0.2) is 19.9 Å². The largest absolute Gasteiger partial charge is 0.392 e. The normalized spacial score (nSPS) is 10.9. The maximum atomic E-state index is 9.41. The van der Waals surface area contributed by atoms with Gasteiger partial charge in [-0.3, -0.25) is 0 Å². The summed E-state index contributed by atoms with van der Waals surface area (Å²) in [7, 11) is 0. The number of benzene rings is 1. The van der Waals surface area contributed by atoms with Crippen LogP contribution >= 0.6 is 11.6 Å². The lowest BCUT2D eigenvalue weighted by Crippen LogP contribution is -2.06. The molecule has 0 aliphatic rings. The molecule has 0 unspecified atom stereocenters. The van der Waals surface area contributed by atoms with Crippen LogP contribution in [0.4, 0.5) is 0 Å². The fourth-order valence-electron chi connectivity index (χ4n) is 1.87. The molecule has 0 radical (unpaired) electrons. The van der Waals surface area contributed by atoms with Crippen molar-refractivity contribution in [3.63, 3.8) is 0 Å². The van der Waals surface area contributed by atoms with Crippen molar-refractivity contribution >= 4 is 11.6 Å². The summed E-state index contributed by atoms with van der Waals surface area (Å²) >= 11 is 6.22. The zero-order valence-electron chi connectivity index (χ0n) is 10.5. The van der Waals surface area contributed by atoms with Crippen LogP contribution in [0.2, 0.25) is 5.02 Å². The second-order valence-electron chi connectivity index (χ2n) is 3.97. The Labute approximate surface area is 111 Å². The fourth-order valence-corrected chi connectivity index (χ4v) is 2.15. The first-order chi connectivity index (χ1) is 8.71. The highest BCUT2D eigenvalue weighted by Gasteiger charge is 2.15. The average molecular weight is 266 g/mol. The van der Waals surface area contributed by atoms with Gasteiger partial charge in [0, 0.05) is 18.4 Å². The van der Waals surface area contributed by atoms with Gasteiger partial charge >= 0.3 is 0 Å². The standard InChI is InChI=1S/C13H16ClN3O/c1-3-11-15-12(4-2)17(16-11)13-9(8-18)6-5-7-10(13)14/h5-7,18H,3-4,8H2,1-2H3. The Morgan fingerprint density at radius 2 is 2.06 bits per heavy atom. The Hall–Kier alpha value is -1.39. The second-order valence-corrected chi connectivity index (χ2v) is 4.38. The van der Waals surface area contributed by atoms with Crippen molar-refractivity contribution in [2.24, 2.45) is 0 Å². The highest BCUT2D eigenvalue weighted by Crippen LogP contribution is 2.25. The van der Waals surface area contributed by atoms with Crippen molar-refractivity contribution in [2.45, 2.75) is 33.3 Å². The summed E-state index contributed by atoms with van der Waals surface area (Å²) in [5.74, 6) is 1.64. The average Bonchev–Trinajstić information content (AvgIpc) is 2.81. The van der Waals surface area contributed by atoms with Crippen molar-refractivity contribution in [1.29, 1.82) is 0 Å². The first-order valence-corrected chi connectivity index (χ1v) is 6.42. The molecule has 2 rings (SSSR count). The zero-order valence-corrected chi connectivity index (χ0v) is 11.3. The summed E-state index contributed by atoms with van der Waals surface area (Å²) in [4.78, 5) is 4.45. The Balaban J connectivity index is 2.64. The molecule has 1 N–H and O–H groups in total. The molecule has 18 heavy (non-hydrogen) atoms. The highest BCUT2D eigenvalue weighted by atomic mass is 35.5. The first-order valence-electron chi connectivity index (χ1n) is 6.04. The monoisotopic (exact) mass is 265 g/mol. The Bertz CT molecular complexity index is 551. The van der Waals surface area contributed by atoms with Crippen LogP contribution in [0.3, 0.4) is 0 Å². The summed E-state index contributed by atoms with van der Waals surface area (Å²) in [6.07, 6.45) is 1.54. The van der Waals surface area contributed by atoms with Gasteiger partial charge in [0.15, 0.2) is 5.82 Å². The van der Waals surface area contributed by atoms with E-state index in [1.807, 2.05) is 26.0 Å². The zero-order chi connectivity index (χ0) is 13.1. The van der Waals surface area contributed by atoms with Crippen LogP contribution in [0.5, 0.6) is 0 Å². The molecule has 0 aliphatic carbocycles. The van der Waals surface area contributed by atoms with E-state index in [4.69, 9.17) is 11.6 Å². The van der Waals surface area contributed by atoms with E-state index in [-0.39, 0.29) is 6.61 Å². The molecule has 0 fully saturated rings. The number of aliphatic hydroxyl groups excluding tert-OH is 1. The predicted molar refractivity (Wildman–Crippen MR) is 71.0 cm³/mol. The number of para-hydroxylation sites is 1. The lowest BCUT2D eigenvalue weighted by Gasteiger charge is -2.11. The van der Waals surface area contributed by atoms with Gasteiger partial charge in [-0.05, 0) is 6.07 Å².